The highest BCUT2D eigenvalue weighted by atomic mass is 19.4. The third-order valence-electron chi connectivity index (χ3n) is 2.92. The van der Waals surface area contributed by atoms with Crippen molar-refractivity contribution in [3.63, 3.8) is 0 Å². The summed E-state index contributed by atoms with van der Waals surface area (Å²) >= 11 is 0. The van der Waals surface area contributed by atoms with Crippen LogP contribution in [-0.2, 0) is 0 Å². The highest BCUT2D eigenvalue weighted by Gasteiger charge is 2.30. The van der Waals surface area contributed by atoms with Gasteiger partial charge in [0.2, 0.25) is 0 Å². The third-order valence-corrected chi connectivity index (χ3v) is 2.92. The number of hydrogen-bond donors (Lipinski definition) is 0. The van der Waals surface area contributed by atoms with Crippen LogP contribution in [0.1, 0.15) is 60.8 Å². The van der Waals surface area contributed by atoms with Gasteiger partial charge in [-0.25, -0.2) is 0 Å². The molecule has 0 bridgehead atoms. The summed E-state index contributed by atoms with van der Waals surface area (Å²) in [6.07, 6.45) is -2.67. The molecule has 1 aliphatic heterocycles. The van der Waals surface area contributed by atoms with Gasteiger partial charge in [-0.3, -0.25) is 0 Å². The van der Waals surface area contributed by atoms with Crippen molar-refractivity contribution in [2.75, 3.05) is 19.6 Å². The molecule has 4 heteroatoms. The van der Waals surface area contributed by atoms with Crippen molar-refractivity contribution >= 4 is 0 Å². The second-order valence-corrected chi connectivity index (χ2v) is 4.87. The Hall–Kier alpha value is -0.250. The van der Waals surface area contributed by atoms with Gasteiger partial charge in [0.05, 0.1) is 6.42 Å². The van der Waals surface area contributed by atoms with Crippen LogP contribution in [0.25, 0.3) is 0 Å². The van der Waals surface area contributed by atoms with Gasteiger partial charge in [-0.05, 0) is 31.3 Å². The summed E-state index contributed by atoms with van der Waals surface area (Å²) < 4.78 is 35.8. The quantitative estimate of drug-likeness (QED) is 0.673. The van der Waals surface area contributed by atoms with Crippen LogP contribution in [0.5, 0.6) is 0 Å². The molecule has 0 saturated carbocycles. The summed E-state index contributed by atoms with van der Waals surface area (Å²) in [5.41, 5.74) is 0.314. The van der Waals surface area contributed by atoms with Crippen molar-refractivity contribution in [3.8, 4) is 0 Å². The summed E-state index contributed by atoms with van der Waals surface area (Å²) in [6.45, 7) is 14.1. The lowest BCUT2D eigenvalue weighted by Gasteiger charge is -2.36. The fourth-order valence-electron chi connectivity index (χ4n) is 1.67. The SMILES string of the molecule is CC.CC.CC1(C)CCN(CCC(F)(F)F)CC1. The van der Waals surface area contributed by atoms with Crippen molar-refractivity contribution in [2.24, 2.45) is 5.41 Å². The zero-order valence-corrected chi connectivity index (χ0v) is 12.8. The summed E-state index contributed by atoms with van der Waals surface area (Å²) in [5, 5.41) is 0. The minimum Gasteiger partial charge on any atom is -0.303 e. The van der Waals surface area contributed by atoms with Crippen molar-refractivity contribution < 1.29 is 13.2 Å². The molecule has 0 radical (unpaired) electrons. The fraction of sp³-hybridized carbons (Fsp3) is 1.00. The molecule has 1 nitrogen and oxygen atoms in total. The number of nitrogens with zero attached hydrogens (tertiary/aromatic N) is 1. The number of halogens is 3. The van der Waals surface area contributed by atoms with E-state index < -0.39 is 12.6 Å². The smallest absolute Gasteiger partial charge is 0.303 e. The summed E-state index contributed by atoms with van der Waals surface area (Å²) in [5.74, 6) is 0. The Balaban J connectivity index is 0. The zero-order chi connectivity index (χ0) is 14.8. The van der Waals surface area contributed by atoms with Gasteiger partial charge in [0, 0.05) is 6.54 Å². The van der Waals surface area contributed by atoms with Gasteiger partial charge >= 0.3 is 6.18 Å². The van der Waals surface area contributed by atoms with Gasteiger partial charge in [-0.2, -0.15) is 13.2 Å². The first-order valence-electron chi connectivity index (χ1n) is 7.08. The van der Waals surface area contributed by atoms with Gasteiger partial charge in [-0.1, -0.05) is 41.5 Å². The number of likely N-dealkylation sites (tertiary alicyclic amines) is 1. The van der Waals surface area contributed by atoms with E-state index >= 15 is 0 Å². The molecule has 0 aromatic carbocycles. The van der Waals surface area contributed by atoms with E-state index in [9.17, 15) is 13.2 Å². The second kappa shape index (κ2) is 9.65. The molecule has 0 aromatic rings. The maximum absolute atomic E-state index is 11.9. The molecule has 1 rings (SSSR count). The molecule has 0 unspecified atom stereocenters. The van der Waals surface area contributed by atoms with Crippen LogP contribution in [0.3, 0.4) is 0 Å². The van der Waals surface area contributed by atoms with E-state index in [0.29, 0.717) is 5.41 Å². The first-order valence-corrected chi connectivity index (χ1v) is 7.08. The lowest BCUT2D eigenvalue weighted by molar-refractivity contribution is -0.138. The zero-order valence-electron chi connectivity index (χ0n) is 12.8. The van der Waals surface area contributed by atoms with Crippen LogP contribution in [0, 0.1) is 5.41 Å². The van der Waals surface area contributed by atoms with Crippen molar-refractivity contribution in [3.05, 3.63) is 0 Å². The molecule has 0 amide bonds. The van der Waals surface area contributed by atoms with E-state index in [-0.39, 0.29) is 6.54 Å². The van der Waals surface area contributed by atoms with Crippen LogP contribution in [0.2, 0.25) is 0 Å². The normalized spacial score (nSPS) is 19.2. The third kappa shape index (κ3) is 10.9. The average Bonchev–Trinajstić information content (AvgIpc) is 2.32. The second-order valence-electron chi connectivity index (χ2n) is 4.87. The Labute approximate surface area is 111 Å². The number of piperidine rings is 1. The maximum atomic E-state index is 11.9. The number of hydrogen-bond acceptors (Lipinski definition) is 1. The predicted molar refractivity (Wildman–Crippen MR) is 72.8 cm³/mol. The Morgan fingerprint density at radius 1 is 0.944 bits per heavy atom. The van der Waals surface area contributed by atoms with E-state index in [1.807, 2.05) is 32.6 Å². The molecule has 112 valence electrons. The van der Waals surface area contributed by atoms with Crippen LogP contribution in [0.15, 0.2) is 0 Å². The molecule has 0 atom stereocenters. The van der Waals surface area contributed by atoms with Crippen molar-refractivity contribution in [1.82, 2.24) is 4.90 Å². The Morgan fingerprint density at radius 3 is 1.67 bits per heavy atom. The van der Waals surface area contributed by atoms with E-state index in [4.69, 9.17) is 0 Å². The van der Waals surface area contributed by atoms with Crippen LogP contribution in [0.4, 0.5) is 13.2 Å². The number of rotatable bonds is 2. The highest BCUT2D eigenvalue weighted by molar-refractivity contribution is 4.78. The van der Waals surface area contributed by atoms with E-state index in [2.05, 4.69) is 13.8 Å². The van der Waals surface area contributed by atoms with Crippen LogP contribution < -0.4 is 0 Å². The van der Waals surface area contributed by atoms with Crippen molar-refractivity contribution in [2.45, 2.75) is 67.0 Å². The Bertz CT molecular complexity index is 178. The molecule has 0 aromatic heterocycles. The van der Waals surface area contributed by atoms with Gasteiger partial charge in [0.15, 0.2) is 0 Å². The average molecular weight is 269 g/mol. The van der Waals surface area contributed by atoms with Gasteiger partial charge in [-0.15, -0.1) is 0 Å². The summed E-state index contributed by atoms with van der Waals surface area (Å²) in [4.78, 5) is 1.92. The highest BCUT2D eigenvalue weighted by Crippen LogP contribution is 2.30. The Kier molecular flexibility index (Phi) is 10.8. The molecule has 18 heavy (non-hydrogen) atoms. The first-order chi connectivity index (χ1) is 8.29. The molecule has 1 saturated heterocycles. The molecular weight excluding hydrogens is 239 g/mol. The summed E-state index contributed by atoms with van der Waals surface area (Å²) in [7, 11) is 0. The molecule has 0 spiro atoms. The van der Waals surface area contributed by atoms with E-state index in [0.717, 1.165) is 25.9 Å². The largest absolute Gasteiger partial charge is 0.390 e. The maximum Gasteiger partial charge on any atom is 0.390 e. The minimum absolute atomic E-state index is 0.166. The molecule has 1 fully saturated rings. The minimum atomic E-state index is -4.01. The lowest BCUT2D eigenvalue weighted by Crippen LogP contribution is -2.38. The van der Waals surface area contributed by atoms with Crippen LogP contribution in [-0.4, -0.2) is 30.7 Å². The standard InChI is InChI=1S/C10H18F3N.2C2H6/c1-9(2)3-6-14(7-4-9)8-5-10(11,12)13;2*1-2/h3-8H2,1-2H3;2*1-2H3. The van der Waals surface area contributed by atoms with Gasteiger partial charge in [0.25, 0.3) is 0 Å². The van der Waals surface area contributed by atoms with Gasteiger partial charge < -0.3 is 4.90 Å². The summed E-state index contributed by atoms with van der Waals surface area (Å²) in [6, 6.07) is 0. The Morgan fingerprint density at radius 2 is 1.33 bits per heavy atom. The topological polar surface area (TPSA) is 3.24 Å². The van der Waals surface area contributed by atoms with Crippen molar-refractivity contribution in [1.29, 1.82) is 0 Å². The van der Waals surface area contributed by atoms with E-state index in [1.165, 1.54) is 0 Å². The number of alkyl halides is 3. The predicted octanol–water partition coefficient (Wildman–Crippen LogP) is 5.11. The molecule has 0 aliphatic carbocycles. The fourth-order valence-corrected chi connectivity index (χ4v) is 1.67. The monoisotopic (exact) mass is 269 g/mol. The lowest BCUT2D eigenvalue weighted by atomic mass is 9.83. The molecule has 1 aliphatic rings. The molecule has 0 N–H and O–H groups in total. The first kappa shape index (κ1) is 20.1. The van der Waals surface area contributed by atoms with E-state index in [1.54, 1.807) is 0 Å². The molecule has 1 heterocycles. The molecular formula is C14H30F3N. The van der Waals surface area contributed by atoms with Crippen LogP contribution >= 0.6 is 0 Å². The van der Waals surface area contributed by atoms with Gasteiger partial charge in [0.1, 0.15) is 0 Å².